The van der Waals surface area contributed by atoms with Crippen LogP contribution in [0.5, 0.6) is 11.6 Å². The van der Waals surface area contributed by atoms with Gasteiger partial charge < -0.3 is 10.1 Å². The number of hydrogen-bond acceptors (Lipinski definition) is 7. The molecule has 9 nitrogen and oxygen atoms in total. The van der Waals surface area contributed by atoms with Gasteiger partial charge in [-0.3, -0.25) is 4.57 Å². The van der Waals surface area contributed by atoms with Crippen molar-refractivity contribution in [1.82, 2.24) is 19.1 Å². The minimum atomic E-state index is -0.672. The lowest BCUT2D eigenvalue weighted by molar-refractivity contribution is 0.462. The van der Waals surface area contributed by atoms with Crippen LogP contribution in [0.3, 0.4) is 0 Å². The number of ether oxygens (including phenoxy) is 1. The number of halogens is 1. The molecule has 0 unspecified atom stereocenters. The first-order valence-electron chi connectivity index (χ1n) is 10.3. The number of pyridine rings is 1. The van der Waals surface area contributed by atoms with E-state index in [1.54, 1.807) is 61.5 Å². The van der Waals surface area contributed by atoms with Crippen LogP contribution in [0.2, 0.25) is 0 Å². The molecular weight excluding hydrogens is 439 g/mol. The van der Waals surface area contributed by atoms with E-state index in [4.69, 9.17) is 10.00 Å². The van der Waals surface area contributed by atoms with Crippen molar-refractivity contribution >= 4 is 11.6 Å². The SMILES string of the molecule is CCn1c(=O)nc(Nc2ccc(Oc3cccc(C#N)n3)cc2)n(Cc2ccc(F)cc2)c1=O. The molecule has 0 saturated carbocycles. The summed E-state index contributed by atoms with van der Waals surface area (Å²) in [6.45, 7) is 1.94. The highest BCUT2D eigenvalue weighted by Gasteiger charge is 2.13. The van der Waals surface area contributed by atoms with E-state index >= 15 is 0 Å². The van der Waals surface area contributed by atoms with Crippen LogP contribution in [-0.2, 0) is 13.1 Å². The standard InChI is InChI=1S/C24H19FN6O3/c1-2-30-23(32)29-22(31(24(30)33)15-16-6-8-17(25)9-7-16)28-18-10-12-20(13-11-18)34-21-5-3-4-19(14-26)27-21/h3-13H,2,15H2,1H3,(H,28,29,32). The van der Waals surface area contributed by atoms with Gasteiger partial charge in [-0.05, 0) is 55.0 Å². The molecule has 0 amide bonds. The summed E-state index contributed by atoms with van der Waals surface area (Å²) < 4.78 is 21.3. The number of aromatic nitrogens is 4. The van der Waals surface area contributed by atoms with Crippen molar-refractivity contribution in [2.75, 3.05) is 5.32 Å². The number of nitriles is 1. The van der Waals surface area contributed by atoms with Gasteiger partial charge in [0.15, 0.2) is 0 Å². The maximum atomic E-state index is 13.3. The van der Waals surface area contributed by atoms with Crippen molar-refractivity contribution in [3.63, 3.8) is 0 Å². The van der Waals surface area contributed by atoms with Gasteiger partial charge in [-0.25, -0.2) is 23.5 Å². The lowest BCUT2D eigenvalue weighted by Gasteiger charge is -2.15. The summed E-state index contributed by atoms with van der Waals surface area (Å²) in [4.78, 5) is 33.4. The molecule has 2 heterocycles. The van der Waals surface area contributed by atoms with Crippen LogP contribution in [0, 0.1) is 17.1 Å². The number of rotatable bonds is 7. The van der Waals surface area contributed by atoms with E-state index in [2.05, 4.69) is 15.3 Å². The fraction of sp³-hybridized carbons (Fsp3) is 0.125. The molecule has 0 aliphatic rings. The van der Waals surface area contributed by atoms with Gasteiger partial charge in [0.25, 0.3) is 0 Å². The molecule has 0 spiro atoms. The smallest absolute Gasteiger partial charge is 0.354 e. The Hall–Kier alpha value is -4.78. The highest BCUT2D eigenvalue weighted by Crippen LogP contribution is 2.23. The Morgan fingerprint density at radius 3 is 2.41 bits per heavy atom. The number of nitrogens with one attached hydrogen (secondary N) is 1. The van der Waals surface area contributed by atoms with Crippen molar-refractivity contribution in [3.05, 3.63) is 105 Å². The van der Waals surface area contributed by atoms with Crippen molar-refractivity contribution in [3.8, 4) is 17.7 Å². The maximum absolute atomic E-state index is 13.3. The number of benzene rings is 2. The Morgan fingerprint density at radius 1 is 1.00 bits per heavy atom. The normalized spacial score (nSPS) is 10.5. The third-order valence-electron chi connectivity index (χ3n) is 4.89. The highest BCUT2D eigenvalue weighted by atomic mass is 19.1. The van der Waals surface area contributed by atoms with Gasteiger partial charge in [-0.15, -0.1) is 0 Å². The second-order valence-electron chi connectivity index (χ2n) is 7.18. The Kier molecular flexibility index (Phi) is 6.45. The van der Waals surface area contributed by atoms with Crippen LogP contribution in [0.15, 0.2) is 76.3 Å². The summed E-state index contributed by atoms with van der Waals surface area (Å²) in [6.07, 6.45) is 0. The second kappa shape index (κ2) is 9.79. The molecule has 0 atom stereocenters. The Morgan fingerprint density at radius 2 is 1.74 bits per heavy atom. The van der Waals surface area contributed by atoms with Gasteiger partial charge >= 0.3 is 11.4 Å². The lowest BCUT2D eigenvalue weighted by atomic mass is 10.2. The van der Waals surface area contributed by atoms with E-state index in [1.807, 2.05) is 6.07 Å². The van der Waals surface area contributed by atoms with Crippen LogP contribution in [0.25, 0.3) is 0 Å². The van der Waals surface area contributed by atoms with Gasteiger partial charge in [0.1, 0.15) is 23.3 Å². The molecule has 0 radical (unpaired) electrons. The fourth-order valence-electron chi connectivity index (χ4n) is 3.20. The highest BCUT2D eigenvalue weighted by molar-refractivity contribution is 5.55. The molecule has 2 aromatic carbocycles. The van der Waals surface area contributed by atoms with E-state index < -0.39 is 11.4 Å². The van der Waals surface area contributed by atoms with E-state index in [-0.39, 0.29) is 36.4 Å². The third-order valence-corrected chi connectivity index (χ3v) is 4.89. The van der Waals surface area contributed by atoms with Crippen molar-refractivity contribution in [2.24, 2.45) is 0 Å². The minimum absolute atomic E-state index is 0.0566. The molecule has 1 N–H and O–H groups in total. The first-order chi connectivity index (χ1) is 16.5. The minimum Gasteiger partial charge on any atom is -0.439 e. The zero-order chi connectivity index (χ0) is 24.1. The third kappa shape index (κ3) is 4.99. The van der Waals surface area contributed by atoms with Crippen LogP contribution >= 0.6 is 0 Å². The van der Waals surface area contributed by atoms with Crippen LogP contribution < -0.4 is 21.4 Å². The summed E-state index contributed by atoms with van der Waals surface area (Å²) in [5.74, 6) is 0.424. The molecule has 10 heteroatoms. The van der Waals surface area contributed by atoms with Crippen molar-refractivity contribution < 1.29 is 9.13 Å². The Labute approximate surface area is 193 Å². The summed E-state index contributed by atoms with van der Waals surface area (Å²) in [5, 5.41) is 12.0. The van der Waals surface area contributed by atoms with E-state index in [0.29, 0.717) is 17.0 Å². The molecule has 34 heavy (non-hydrogen) atoms. The summed E-state index contributed by atoms with van der Waals surface area (Å²) in [7, 11) is 0. The van der Waals surface area contributed by atoms with Gasteiger partial charge in [0, 0.05) is 18.3 Å². The predicted molar refractivity (Wildman–Crippen MR) is 123 cm³/mol. The average molecular weight is 458 g/mol. The zero-order valence-corrected chi connectivity index (χ0v) is 18.1. The number of anilines is 2. The monoisotopic (exact) mass is 458 g/mol. The maximum Gasteiger partial charge on any atom is 0.354 e. The van der Waals surface area contributed by atoms with Crippen molar-refractivity contribution in [2.45, 2.75) is 20.0 Å². The van der Waals surface area contributed by atoms with E-state index in [0.717, 1.165) is 4.57 Å². The van der Waals surface area contributed by atoms with Gasteiger partial charge in [0.05, 0.1) is 6.54 Å². The van der Waals surface area contributed by atoms with Crippen LogP contribution in [-0.4, -0.2) is 19.1 Å². The van der Waals surface area contributed by atoms with Gasteiger partial charge in [-0.2, -0.15) is 10.2 Å². The van der Waals surface area contributed by atoms with Gasteiger partial charge in [-0.1, -0.05) is 18.2 Å². The Bertz CT molecular complexity index is 1470. The zero-order valence-electron chi connectivity index (χ0n) is 18.1. The molecule has 0 saturated heterocycles. The lowest BCUT2D eigenvalue weighted by Crippen LogP contribution is -2.42. The van der Waals surface area contributed by atoms with Crippen molar-refractivity contribution in [1.29, 1.82) is 5.26 Å². The average Bonchev–Trinajstić information content (AvgIpc) is 2.84. The first kappa shape index (κ1) is 22.4. The fourth-order valence-corrected chi connectivity index (χ4v) is 3.20. The summed E-state index contributed by atoms with van der Waals surface area (Å²) in [5.41, 5.74) is 0.263. The Balaban J connectivity index is 1.61. The molecule has 4 rings (SSSR count). The molecule has 0 fully saturated rings. The molecule has 2 aromatic heterocycles. The number of nitrogens with zero attached hydrogens (tertiary/aromatic N) is 5. The quantitative estimate of drug-likeness (QED) is 0.451. The molecule has 0 aliphatic heterocycles. The summed E-state index contributed by atoms with van der Waals surface area (Å²) in [6, 6.07) is 19.3. The van der Waals surface area contributed by atoms with Crippen LogP contribution in [0.1, 0.15) is 18.2 Å². The molecular formula is C24H19FN6O3. The largest absolute Gasteiger partial charge is 0.439 e. The topological polar surface area (TPSA) is 115 Å². The summed E-state index contributed by atoms with van der Waals surface area (Å²) >= 11 is 0. The number of hydrogen-bond donors (Lipinski definition) is 1. The van der Waals surface area contributed by atoms with Gasteiger partial charge in [0.2, 0.25) is 11.8 Å². The first-order valence-corrected chi connectivity index (χ1v) is 10.3. The molecule has 170 valence electrons. The molecule has 4 aromatic rings. The van der Waals surface area contributed by atoms with Crippen LogP contribution in [0.4, 0.5) is 16.0 Å². The molecule has 0 aliphatic carbocycles. The second-order valence-corrected chi connectivity index (χ2v) is 7.18. The van der Waals surface area contributed by atoms with E-state index in [9.17, 15) is 14.0 Å². The van der Waals surface area contributed by atoms with E-state index in [1.165, 1.54) is 16.7 Å². The molecule has 0 bridgehead atoms. The predicted octanol–water partition coefficient (Wildman–Crippen LogP) is 3.41.